The Morgan fingerprint density at radius 3 is 1.62 bits per heavy atom. The lowest BCUT2D eigenvalue weighted by Gasteiger charge is -2.15. The molecule has 2 aromatic rings. The van der Waals surface area contributed by atoms with Crippen LogP contribution >= 0.6 is 0 Å². The summed E-state index contributed by atoms with van der Waals surface area (Å²) in [6.45, 7) is 0. The van der Waals surface area contributed by atoms with Gasteiger partial charge in [-0.05, 0) is 17.7 Å². The lowest BCUT2D eigenvalue weighted by Crippen LogP contribution is -2.11. The lowest BCUT2D eigenvalue weighted by atomic mass is 9.97. The first kappa shape index (κ1) is 15.3. The zero-order valence-corrected chi connectivity index (χ0v) is 10.2. The topological polar surface area (TPSA) is 0 Å². The van der Waals surface area contributed by atoms with Gasteiger partial charge in [-0.2, -0.15) is 26.3 Å². The van der Waals surface area contributed by atoms with E-state index in [0.717, 1.165) is 24.3 Å². The fraction of sp³-hybridized carbons (Fsp3) is 0.143. The third-order valence-electron chi connectivity index (χ3n) is 2.83. The zero-order chi connectivity index (χ0) is 15.8. The zero-order valence-electron chi connectivity index (χ0n) is 10.2. The SMILES string of the molecule is Fc1c(-c2ccccc2C(F)(F)F)cccc1C(F)(F)F. The van der Waals surface area contributed by atoms with Gasteiger partial charge >= 0.3 is 12.4 Å². The summed E-state index contributed by atoms with van der Waals surface area (Å²) >= 11 is 0. The van der Waals surface area contributed by atoms with E-state index in [1.807, 2.05) is 0 Å². The van der Waals surface area contributed by atoms with Crippen LogP contribution in [-0.2, 0) is 12.4 Å². The van der Waals surface area contributed by atoms with Crippen molar-refractivity contribution < 1.29 is 30.7 Å². The Kier molecular flexibility index (Phi) is 3.69. The van der Waals surface area contributed by atoms with Gasteiger partial charge in [0.25, 0.3) is 0 Å². The second-order valence-corrected chi connectivity index (χ2v) is 4.21. The molecule has 0 heterocycles. The maximum absolute atomic E-state index is 13.9. The molecule has 2 rings (SSSR count). The molecule has 112 valence electrons. The van der Waals surface area contributed by atoms with E-state index in [4.69, 9.17) is 0 Å². The van der Waals surface area contributed by atoms with Crippen molar-refractivity contribution in [2.45, 2.75) is 12.4 Å². The van der Waals surface area contributed by atoms with Gasteiger partial charge < -0.3 is 0 Å². The second kappa shape index (κ2) is 5.05. The molecule has 0 aliphatic rings. The molecule has 2 aromatic carbocycles. The number of hydrogen-bond acceptors (Lipinski definition) is 0. The molecular weight excluding hydrogens is 301 g/mol. The first-order valence-corrected chi connectivity index (χ1v) is 5.64. The first-order chi connectivity index (χ1) is 9.62. The van der Waals surface area contributed by atoms with Crippen molar-refractivity contribution >= 4 is 0 Å². The normalized spacial score (nSPS) is 12.5. The van der Waals surface area contributed by atoms with Crippen LogP contribution in [0, 0.1) is 5.82 Å². The average molecular weight is 308 g/mol. The van der Waals surface area contributed by atoms with Gasteiger partial charge in [0, 0.05) is 5.56 Å². The van der Waals surface area contributed by atoms with Gasteiger partial charge in [0.05, 0.1) is 11.1 Å². The molecule has 0 bridgehead atoms. The molecule has 0 unspecified atom stereocenters. The van der Waals surface area contributed by atoms with Crippen molar-refractivity contribution in [3.05, 3.63) is 59.4 Å². The maximum atomic E-state index is 13.9. The van der Waals surface area contributed by atoms with Gasteiger partial charge in [-0.3, -0.25) is 0 Å². The maximum Gasteiger partial charge on any atom is 0.419 e. The Balaban J connectivity index is 2.70. The van der Waals surface area contributed by atoms with Gasteiger partial charge in [0.2, 0.25) is 0 Å². The van der Waals surface area contributed by atoms with Gasteiger partial charge in [0.1, 0.15) is 5.82 Å². The fourth-order valence-electron chi connectivity index (χ4n) is 1.92. The molecule has 7 heteroatoms. The summed E-state index contributed by atoms with van der Waals surface area (Å²) in [6, 6.07) is 6.14. The number of benzene rings is 2. The third kappa shape index (κ3) is 3.01. The predicted molar refractivity (Wildman–Crippen MR) is 61.8 cm³/mol. The van der Waals surface area contributed by atoms with Gasteiger partial charge in [-0.1, -0.05) is 30.3 Å². The van der Waals surface area contributed by atoms with Crippen LogP contribution in [0.3, 0.4) is 0 Å². The molecule has 21 heavy (non-hydrogen) atoms. The summed E-state index contributed by atoms with van der Waals surface area (Å²) in [6.07, 6.45) is -9.77. The standard InChI is InChI=1S/C14H7F7/c15-12-9(5-3-7-11(12)14(19,20)21)8-4-1-2-6-10(8)13(16,17)18/h1-7H. The number of hydrogen-bond donors (Lipinski definition) is 0. The average Bonchev–Trinajstić information content (AvgIpc) is 2.36. The van der Waals surface area contributed by atoms with E-state index < -0.39 is 40.4 Å². The predicted octanol–water partition coefficient (Wildman–Crippen LogP) is 5.53. The van der Waals surface area contributed by atoms with Gasteiger partial charge in [-0.25, -0.2) is 4.39 Å². The molecule has 0 saturated carbocycles. The number of alkyl halides is 6. The van der Waals surface area contributed by atoms with E-state index in [-0.39, 0.29) is 0 Å². The Morgan fingerprint density at radius 1 is 0.571 bits per heavy atom. The Bertz CT molecular complexity index is 653. The van der Waals surface area contributed by atoms with Crippen LogP contribution in [0.1, 0.15) is 11.1 Å². The fourth-order valence-corrected chi connectivity index (χ4v) is 1.92. The number of halogens is 7. The number of rotatable bonds is 1. The van der Waals surface area contributed by atoms with Crippen LogP contribution in [0.25, 0.3) is 11.1 Å². The largest absolute Gasteiger partial charge is 0.419 e. The molecule has 0 aliphatic heterocycles. The minimum atomic E-state index is -4.98. The quantitative estimate of drug-likeness (QED) is 0.608. The van der Waals surface area contributed by atoms with E-state index in [1.54, 1.807) is 0 Å². The van der Waals surface area contributed by atoms with Crippen molar-refractivity contribution in [1.82, 2.24) is 0 Å². The van der Waals surface area contributed by atoms with Crippen LogP contribution in [-0.4, -0.2) is 0 Å². The van der Waals surface area contributed by atoms with Gasteiger partial charge in [0.15, 0.2) is 0 Å². The third-order valence-corrected chi connectivity index (χ3v) is 2.83. The molecule has 0 radical (unpaired) electrons. The Labute approximate surface area is 114 Å². The molecule has 0 nitrogen and oxygen atoms in total. The molecular formula is C14H7F7. The van der Waals surface area contributed by atoms with E-state index in [1.165, 1.54) is 6.07 Å². The van der Waals surface area contributed by atoms with E-state index in [9.17, 15) is 30.7 Å². The van der Waals surface area contributed by atoms with Crippen molar-refractivity contribution in [3.63, 3.8) is 0 Å². The highest BCUT2D eigenvalue weighted by Gasteiger charge is 2.37. The van der Waals surface area contributed by atoms with Crippen LogP contribution in [0.2, 0.25) is 0 Å². The molecule has 0 amide bonds. The van der Waals surface area contributed by atoms with Crippen molar-refractivity contribution in [2.75, 3.05) is 0 Å². The molecule has 0 aliphatic carbocycles. The second-order valence-electron chi connectivity index (χ2n) is 4.21. The molecule has 0 spiro atoms. The molecule has 0 atom stereocenters. The summed E-state index contributed by atoms with van der Waals surface area (Å²) in [5.41, 5.74) is -4.16. The van der Waals surface area contributed by atoms with Crippen molar-refractivity contribution in [3.8, 4) is 11.1 Å². The highest BCUT2D eigenvalue weighted by atomic mass is 19.4. The molecule has 0 saturated heterocycles. The van der Waals surface area contributed by atoms with Crippen LogP contribution in [0.4, 0.5) is 30.7 Å². The van der Waals surface area contributed by atoms with Gasteiger partial charge in [-0.15, -0.1) is 0 Å². The summed E-state index contributed by atoms with van der Waals surface area (Å²) in [7, 11) is 0. The summed E-state index contributed by atoms with van der Waals surface area (Å²) in [5.74, 6) is -1.72. The van der Waals surface area contributed by atoms with Crippen LogP contribution in [0.15, 0.2) is 42.5 Å². The Hall–Kier alpha value is -2.05. The van der Waals surface area contributed by atoms with Crippen molar-refractivity contribution in [2.24, 2.45) is 0 Å². The van der Waals surface area contributed by atoms with Crippen LogP contribution < -0.4 is 0 Å². The lowest BCUT2D eigenvalue weighted by molar-refractivity contribution is -0.139. The Morgan fingerprint density at radius 2 is 1.05 bits per heavy atom. The summed E-state index contributed by atoms with van der Waals surface area (Å²) in [5, 5.41) is 0. The van der Waals surface area contributed by atoms with E-state index in [0.29, 0.717) is 12.1 Å². The van der Waals surface area contributed by atoms with E-state index in [2.05, 4.69) is 0 Å². The molecule has 0 fully saturated rings. The smallest absolute Gasteiger partial charge is 0.206 e. The van der Waals surface area contributed by atoms with Crippen molar-refractivity contribution in [1.29, 1.82) is 0 Å². The highest BCUT2D eigenvalue weighted by Crippen LogP contribution is 2.40. The minimum Gasteiger partial charge on any atom is -0.206 e. The monoisotopic (exact) mass is 308 g/mol. The summed E-state index contributed by atoms with van der Waals surface area (Å²) < 4.78 is 90.4. The molecule has 0 aromatic heterocycles. The highest BCUT2D eigenvalue weighted by molar-refractivity contribution is 5.69. The minimum absolute atomic E-state index is 0.481. The first-order valence-electron chi connectivity index (χ1n) is 5.64. The molecule has 0 N–H and O–H groups in total. The summed E-state index contributed by atoms with van der Waals surface area (Å²) in [4.78, 5) is 0. The van der Waals surface area contributed by atoms with Crippen LogP contribution in [0.5, 0.6) is 0 Å². The van der Waals surface area contributed by atoms with E-state index >= 15 is 0 Å².